The molecule has 1 radical (unpaired) electrons. The molecule has 0 heterocycles. The van der Waals surface area contributed by atoms with E-state index in [1.54, 1.807) is 0 Å². The second-order valence-electron chi connectivity index (χ2n) is 2.77. The number of unbranched alkanes of at least 4 members (excludes halogenated alkanes) is 2. The molecular formula is C8H18NO2S. The van der Waals surface area contributed by atoms with Crippen LogP contribution in [-0.4, -0.2) is 20.7 Å². The Bertz CT molecular complexity index is 187. The van der Waals surface area contributed by atoms with Crippen molar-refractivity contribution in [3.63, 3.8) is 0 Å². The largest absolute Gasteiger partial charge is 0.215 e. The lowest BCUT2D eigenvalue weighted by Gasteiger charge is -2.04. The Kier molecular flexibility index (Phi) is 6.38. The van der Waals surface area contributed by atoms with Gasteiger partial charge in [-0.3, -0.25) is 0 Å². The lowest BCUT2D eigenvalue weighted by Crippen LogP contribution is -2.27. The first-order valence-corrected chi connectivity index (χ1v) is 6.04. The van der Waals surface area contributed by atoms with Crippen LogP contribution in [0.4, 0.5) is 0 Å². The molecule has 0 aliphatic carbocycles. The van der Waals surface area contributed by atoms with Crippen molar-refractivity contribution in [1.29, 1.82) is 0 Å². The molecule has 0 aliphatic heterocycles. The van der Waals surface area contributed by atoms with E-state index in [0.29, 0.717) is 6.54 Å². The van der Waals surface area contributed by atoms with Crippen LogP contribution in [0.5, 0.6) is 0 Å². The molecule has 0 spiro atoms. The molecule has 0 aromatic carbocycles. The number of rotatable bonds is 7. The third kappa shape index (κ3) is 6.61. The van der Waals surface area contributed by atoms with E-state index in [-0.39, 0.29) is 5.75 Å². The predicted molar refractivity (Wildman–Crippen MR) is 51.3 cm³/mol. The van der Waals surface area contributed by atoms with Crippen LogP contribution in [0.15, 0.2) is 0 Å². The van der Waals surface area contributed by atoms with Gasteiger partial charge in [-0.2, -0.15) is 0 Å². The molecule has 0 aliphatic rings. The standard InChI is InChI=1S/C8H18NO2S/c1-3-5-7-9-12(10,11)8-6-4-2/h9H,1,3-8H2,2H3. The van der Waals surface area contributed by atoms with Crippen molar-refractivity contribution in [3.8, 4) is 0 Å². The lowest BCUT2D eigenvalue weighted by atomic mass is 10.3. The van der Waals surface area contributed by atoms with Gasteiger partial charge in [0.25, 0.3) is 0 Å². The Labute approximate surface area is 75.6 Å². The highest BCUT2D eigenvalue weighted by Gasteiger charge is 2.06. The van der Waals surface area contributed by atoms with Crippen LogP contribution in [0.3, 0.4) is 0 Å². The predicted octanol–water partition coefficient (Wildman–Crippen LogP) is 1.32. The van der Waals surface area contributed by atoms with Crippen LogP contribution in [0.1, 0.15) is 32.6 Å². The SMILES string of the molecule is [CH2]CCCNS(=O)(=O)CCCC. The monoisotopic (exact) mass is 192 g/mol. The van der Waals surface area contributed by atoms with Crippen LogP contribution in [0, 0.1) is 6.92 Å². The molecule has 4 heteroatoms. The Morgan fingerprint density at radius 1 is 1.33 bits per heavy atom. The van der Waals surface area contributed by atoms with E-state index in [1.165, 1.54) is 0 Å². The van der Waals surface area contributed by atoms with Crippen LogP contribution in [0.2, 0.25) is 0 Å². The number of hydrogen-bond donors (Lipinski definition) is 1. The normalized spacial score (nSPS) is 11.8. The van der Waals surface area contributed by atoms with E-state index in [9.17, 15) is 8.42 Å². The van der Waals surface area contributed by atoms with Crippen molar-refractivity contribution in [2.45, 2.75) is 32.6 Å². The quantitative estimate of drug-likeness (QED) is 0.618. The molecule has 0 fully saturated rings. The van der Waals surface area contributed by atoms with Gasteiger partial charge in [0.2, 0.25) is 10.0 Å². The Balaban J connectivity index is 3.58. The topological polar surface area (TPSA) is 46.2 Å². The summed E-state index contributed by atoms with van der Waals surface area (Å²) in [6, 6.07) is 0. The lowest BCUT2D eigenvalue weighted by molar-refractivity contribution is 0.576. The second-order valence-corrected chi connectivity index (χ2v) is 4.70. The Morgan fingerprint density at radius 3 is 2.50 bits per heavy atom. The first-order valence-electron chi connectivity index (χ1n) is 4.39. The summed E-state index contributed by atoms with van der Waals surface area (Å²) in [6.45, 7) is 6.13. The maximum atomic E-state index is 11.1. The Morgan fingerprint density at radius 2 is 2.00 bits per heavy atom. The van der Waals surface area contributed by atoms with Crippen molar-refractivity contribution in [1.82, 2.24) is 4.72 Å². The zero-order valence-corrected chi connectivity index (χ0v) is 8.49. The van der Waals surface area contributed by atoms with Crippen LogP contribution >= 0.6 is 0 Å². The minimum Gasteiger partial charge on any atom is -0.215 e. The zero-order chi connectivity index (χ0) is 9.45. The van der Waals surface area contributed by atoms with Crippen LogP contribution < -0.4 is 4.72 Å². The van der Waals surface area contributed by atoms with E-state index >= 15 is 0 Å². The highest BCUT2D eigenvalue weighted by Crippen LogP contribution is 1.93. The molecule has 0 rings (SSSR count). The molecule has 1 N–H and O–H groups in total. The fourth-order valence-electron chi connectivity index (χ4n) is 0.759. The molecule has 0 atom stereocenters. The van der Waals surface area contributed by atoms with Gasteiger partial charge < -0.3 is 0 Å². The second kappa shape index (κ2) is 6.43. The summed E-state index contributed by atoms with van der Waals surface area (Å²) in [4.78, 5) is 0. The molecule has 0 saturated heterocycles. The highest BCUT2D eigenvalue weighted by atomic mass is 32.2. The molecule has 0 unspecified atom stereocenters. The summed E-state index contributed by atoms with van der Waals surface area (Å²) in [5, 5.41) is 0. The molecule has 0 aromatic heterocycles. The van der Waals surface area contributed by atoms with Gasteiger partial charge in [0.1, 0.15) is 0 Å². The maximum absolute atomic E-state index is 11.1. The highest BCUT2D eigenvalue weighted by molar-refractivity contribution is 7.89. The fraction of sp³-hybridized carbons (Fsp3) is 0.875. The van der Waals surface area contributed by atoms with Crippen molar-refractivity contribution < 1.29 is 8.42 Å². The van der Waals surface area contributed by atoms with Crippen LogP contribution in [0.25, 0.3) is 0 Å². The van der Waals surface area contributed by atoms with Crippen molar-refractivity contribution >= 4 is 10.0 Å². The number of hydrogen-bond acceptors (Lipinski definition) is 2. The summed E-state index contributed by atoms with van der Waals surface area (Å²) < 4.78 is 24.8. The molecule has 0 aromatic rings. The molecule has 3 nitrogen and oxygen atoms in total. The van der Waals surface area contributed by atoms with E-state index in [2.05, 4.69) is 11.6 Å². The van der Waals surface area contributed by atoms with Crippen LogP contribution in [-0.2, 0) is 10.0 Å². The smallest absolute Gasteiger partial charge is 0.211 e. The van der Waals surface area contributed by atoms with Gasteiger partial charge in [-0.15, -0.1) is 0 Å². The van der Waals surface area contributed by atoms with Gasteiger partial charge in [-0.05, 0) is 12.8 Å². The van der Waals surface area contributed by atoms with Crippen molar-refractivity contribution in [2.24, 2.45) is 0 Å². The van der Waals surface area contributed by atoms with E-state index in [1.807, 2.05) is 6.92 Å². The fourth-order valence-corrected chi connectivity index (χ4v) is 2.03. The van der Waals surface area contributed by atoms with E-state index < -0.39 is 10.0 Å². The van der Waals surface area contributed by atoms with Gasteiger partial charge in [-0.1, -0.05) is 26.7 Å². The summed E-state index contributed by atoms with van der Waals surface area (Å²) in [7, 11) is -2.99. The van der Waals surface area contributed by atoms with Gasteiger partial charge in [0.05, 0.1) is 5.75 Å². The van der Waals surface area contributed by atoms with Gasteiger partial charge in [0.15, 0.2) is 0 Å². The third-order valence-electron chi connectivity index (χ3n) is 1.52. The van der Waals surface area contributed by atoms with Crippen molar-refractivity contribution in [3.05, 3.63) is 6.92 Å². The van der Waals surface area contributed by atoms with Gasteiger partial charge in [0, 0.05) is 6.54 Å². The van der Waals surface area contributed by atoms with E-state index in [0.717, 1.165) is 25.7 Å². The van der Waals surface area contributed by atoms with E-state index in [4.69, 9.17) is 0 Å². The molecule has 73 valence electrons. The first-order chi connectivity index (χ1) is 5.62. The summed E-state index contributed by atoms with van der Waals surface area (Å²) in [5.41, 5.74) is 0. The summed E-state index contributed by atoms with van der Waals surface area (Å²) in [6.07, 6.45) is 3.23. The number of sulfonamides is 1. The maximum Gasteiger partial charge on any atom is 0.211 e. The summed E-state index contributed by atoms with van der Waals surface area (Å²) in [5.74, 6) is 0.251. The van der Waals surface area contributed by atoms with Crippen molar-refractivity contribution in [2.75, 3.05) is 12.3 Å². The zero-order valence-electron chi connectivity index (χ0n) is 7.67. The minimum absolute atomic E-state index is 0.251. The first kappa shape index (κ1) is 11.9. The Hall–Kier alpha value is -0.0900. The minimum atomic E-state index is -2.99. The average Bonchev–Trinajstić information content (AvgIpc) is 2.01. The molecule has 12 heavy (non-hydrogen) atoms. The average molecular weight is 192 g/mol. The molecule has 0 bridgehead atoms. The van der Waals surface area contributed by atoms with Gasteiger partial charge in [-0.25, -0.2) is 13.1 Å². The molecular weight excluding hydrogens is 174 g/mol. The number of nitrogens with one attached hydrogen (secondary N) is 1. The third-order valence-corrected chi connectivity index (χ3v) is 2.99. The molecule has 0 amide bonds. The van der Waals surface area contributed by atoms with Gasteiger partial charge >= 0.3 is 0 Å². The summed E-state index contributed by atoms with van der Waals surface area (Å²) >= 11 is 0. The molecule has 0 saturated carbocycles.